The van der Waals surface area contributed by atoms with E-state index in [1.165, 1.54) is 18.2 Å². The Bertz CT molecular complexity index is 959. The highest BCUT2D eigenvalue weighted by molar-refractivity contribution is 7.86. The SMILES string of the molecule is Cc1ccc(S(=O)(=O)OC[C@H](O)CN2CCN(c3ccc(C(F)(F)F)cn3)CC2)cc1. The van der Waals surface area contributed by atoms with Crippen LogP contribution >= 0.6 is 0 Å². The van der Waals surface area contributed by atoms with Gasteiger partial charge in [0.05, 0.1) is 23.2 Å². The number of nitrogens with zero attached hydrogens (tertiary/aromatic N) is 3. The van der Waals surface area contributed by atoms with Crippen LogP contribution in [0.15, 0.2) is 47.5 Å². The van der Waals surface area contributed by atoms with Gasteiger partial charge in [-0.3, -0.25) is 9.08 Å². The molecule has 1 fully saturated rings. The van der Waals surface area contributed by atoms with Crippen molar-refractivity contribution < 1.29 is 30.9 Å². The van der Waals surface area contributed by atoms with Crippen LogP contribution in [0.3, 0.4) is 0 Å². The number of alkyl halides is 3. The number of anilines is 1. The van der Waals surface area contributed by atoms with Crippen molar-refractivity contribution >= 4 is 15.9 Å². The predicted octanol–water partition coefficient (Wildman–Crippen LogP) is 2.30. The summed E-state index contributed by atoms with van der Waals surface area (Å²) < 4.78 is 67.3. The molecular weight excluding hydrogens is 435 g/mol. The molecule has 1 aliphatic rings. The number of piperazine rings is 1. The van der Waals surface area contributed by atoms with Gasteiger partial charge in [-0.05, 0) is 31.2 Å². The highest BCUT2D eigenvalue weighted by Crippen LogP contribution is 2.29. The number of hydrogen-bond donors (Lipinski definition) is 1. The van der Waals surface area contributed by atoms with Gasteiger partial charge >= 0.3 is 6.18 Å². The molecule has 1 saturated heterocycles. The van der Waals surface area contributed by atoms with Gasteiger partial charge in [0, 0.05) is 38.9 Å². The minimum Gasteiger partial charge on any atom is -0.389 e. The molecule has 1 aliphatic heterocycles. The van der Waals surface area contributed by atoms with Crippen molar-refractivity contribution in [3.8, 4) is 0 Å². The van der Waals surface area contributed by atoms with Crippen molar-refractivity contribution in [1.29, 1.82) is 0 Å². The monoisotopic (exact) mass is 459 g/mol. The highest BCUT2D eigenvalue weighted by Gasteiger charge is 2.31. The zero-order valence-corrected chi connectivity index (χ0v) is 17.7. The van der Waals surface area contributed by atoms with E-state index in [-0.39, 0.29) is 18.0 Å². The van der Waals surface area contributed by atoms with Crippen molar-refractivity contribution in [2.45, 2.75) is 24.1 Å². The minimum atomic E-state index is -4.42. The van der Waals surface area contributed by atoms with E-state index >= 15 is 0 Å². The van der Waals surface area contributed by atoms with Crippen molar-refractivity contribution in [3.63, 3.8) is 0 Å². The second-order valence-corrected chi connectivity index (χ2v) is 9.01. The van der Waals surface area contributed by atoms with Gasteiger partial charge in [0.1, 0.15) is 5.82 Å². The lowest BCUT2D eigenvalue weighted by atomic mass is 10.2. The van der Waals surface area contributed by atoms with Crippen molar-refractivity contribution in [3.05, 3.63) is 53.7 Å². The molecule has 0 aliphatic carbocycles. The molecule has 11 heteroatoms. The van der Waals surface area contributed by atoms with Gasteiger partial charge in [-0.25, -0.2) is 4.98 Å². The average Bonchev–Trinajstić information content (AvgIpc) is 2.73. The molecule has 31 heavy (non-hydrogen) atoms. The van der Waals surface area contributed by atoms with Gasteiger partial charge < -0.3 is 10.0 Å². The molecule has 1 aromatic heterocycles. The van der Waals surface area contributed by atoms with E-state index in [0.29, 0.717) is 32.0 Å². The molecule has 3 rings (SSSR count). The molecule has 1 N–H and O–H groups in total. The van der Waals surface area contributed by atoms with Crippen molar-refractivity contribution in [2.24, 2.45) is 0 Å². The topological polar surface area (TPSA) is 83.0 Å². The van der Waals surface area contributed by atoms with Crippen LogP contribution in [0.5, 0.6) is 0 Å². The summed E-state index contributed by atoms with van der Waals surface area (Å²) in [4.78, 5) is 7.73. The molecule has 0 bridgehead atoms. The van der Waals surface area contributed by atoms with Crippen molar-refractivity contribution in [1.82, 2.24) is 9.88 Å². The fourth-order valence-corrected chi connectivity index (χ4v) is 4.13. The van der Waals surface area contributed by atoms with E-state index in [9.17, 15) is 26.7 Å². The maximum absolute atomic E-state index is 12.7. The summed E-state index contributed by atoms with van der Waals surface area (Å²) in [7, 11) is -3.95. The Morgan fingerprint density at radius 1 is 1.10 bits per heavy atom. The molecule has 0 radical (unpaired) electrons. The average molecular weight is 459 g/mol. The van der Waals surface area contributed by atoms with E-state index < -0.39 is 28.0 Å². The van der Waals surface area contributed by atoms with Gasteiger partial charge in [0.2, 0.25) is 0 Å². The number of aliphatic hydroxyl groups excluding tert-OH is 1. The van der Waals surface area contributed by atoms with E-state index in [2.05, 4.69) is 4.98 Å². The first-order valence-electron chi connectivity index (χ1n) is 9.69. The third-order valence-corrected chi connectivity index (χ3v) is 6.26. The Balaban J connectivity index is 1.45. The van der Waals surface area contributed by atoms with Crippen LogP contribution in [-0.4, -0.2) is 68.8 Å². The van der Waals surface area contributed by atoms with Crippen molar-refractivity contribution in [2.75, 3.05) is 44.2 Å². The predicted molar refractivity (Wildman–Crippen MR) is 108 cm³/mol. The lowest BCUT2D eigenvalue weighted by Crippen LogP contribution is -2.49. The summed E-state index contributed by atoms with van der Waals surface area (Å²) in [6.07, 6.45) is -4.61. The lowest BCUT2D eigenvalue weighted by molar-refractivity contribution is -0.137. The highest BCUT2D eigenvalue weighted by atomic mass is 32.2. The van der Waals surface area contributed by atoms with Gasteiger partial charge in [-0.2, -0.15) is 21.6 Å². The van der Waals surface area contributed by atoms with E-state index in [1.54, 1.807) is 12.1 Å². The third kappa shape index (κ3) is 6.39. The fraction of sp³-hybridized carbons (Fsp3) is 0.450. The Hall–Kier alpha value is -2.21. The summed E-state index contributed by atoms with van der Waals surface area (Å²) in [6.45, 7) is 3.83. The molecule has 7 nitrogen and oxygen atoms in total. The minimum absolute atomic E-state index is 0.0305. The number of hydrogen-bond acceptors (Lipinski definition) is 7. The molecule has 2 heterocycles. The zero-order valence-electron chi connectivity index (χ0n) is 16.9. The summed E-state index contributed by atoms with van der Waals surface area (Å²) in [5.74, 6) is 0.459. The number of halogens is 3. The number of rotatable bonds is 7. The second-order valence-electron chi connectivity index (χ2n) is 7.40. The van der Waals surface area contributed by atoms with Crippen LogP contribution in [-0.2, 0) is 20.5 Å². The molecule has 0 spiro atoms. The number of aromatic nitrogens is 1. The van der Waals surface area contributed by atoms with Gasteiger partial charge in [-0.1, -0.05) is 17.7 Å². The second kappa shape index (κ2) is 9.51. The van der Waals surface area contributed by atoms with Gasteiger partial charge in [0.25, 0.3) is 10.1 Å². The molecule has 1 atom stereocenters. The number of β-amino-alcohol motifs (C(OH)–C–C–N with tert-alkyl or cyclic N) is 1. The first kappa shape index (κ1) is 23.5. The maximum atomic E-state index is 12.7. The van der Waals surface area contributed by atoms with E-state index in [0.717, 1.165) is 17.8 Å². The molecule has 170 valence electrons. The standard InChI is InChI=1S/C20H24F3N3O4S/c1-15-2-5-18(6-3-15)31(28,29)30-14-17(27)13-25-8-10-26(11-9-25)19-7-4-16(12-24-19)20(21,22)23/h2-7,12,17,27H,8-11,13-14H2,1H3/t17-/m1/s1. The first-order chi connectivity index (χ1) is 14.5. The van der Waals surface area contributed by atoms with Gasteiger partial charge in [-0.15, -0.1) is 0 Å². The Morgan fingerprint density at radius 3 is 2.29 bits per heavy atom. The zero-order chi connectivity index (χ0) is 22.6. The normalized spacial score (nSPS) is 17.0. The molecule has 0 amide bonds. The number of pyridine rings is 1. The van der Waals surface area contributed by atoms with Crippen LogP contribution in [0.1, 0.15) is 11.1 Å². The van der Waals surface area contributed by atoms with Crippen LogP contribution in [0.4, 0.5) is 19.0 Å². The van der Waals surface area contributed by atoms with E-state index in [1.807, 2.05) is 16.7 Å². The first-order valence-corrected chi connectivity index (χ1v) is 11.1. The Kier molecular flexibility index (Phi) is 7.20. The maximum Gasteiger partial charge on any atom is 0.417 e. The number of benzene rings is 1. The summed E-state index contributed by atoms with van der Waals surface area (Å²) >= 11 is 0. The molecule has 0 saturated carbocycles. The molecule has 1 aromatic carbocycles. The largest absolute Gasteiger partial charge is 0.417 e. The lowest BCUT2D eigenvalue weighted by Gasteiger charge is -2.36. The summed E-state index contributed by atoms with van der Waals surface area (Å²) in [5.41, 5.74) is 0.128. The smallest absolute Gasteiger partial charge is 0.389 e. The molecule has 0 unspecified atom stereocenters. The summed E-state index contributed by atoms with van der Waals surface area (Å²) in [5, 5.41) is 10.2. The third-order valence-electron chi connectivity index (χ3n) is 4.97. The molecular formula is C20H24F3N3O4S. The van der Waals surface area contributed by atoms with Crippen LogP contribution in [0, 0.1) is 6.92 Å². The van der Waals surface area contributed by atoms with Crippen LogP contribution < -0.4 is 4.90 Å². The Morgan fingerprint density at radius 2 is 1.74 bits per heavy atom. The van der Waals surface area contributed by atoms with Crippen LogP contribution in [0.25, 0.3) is 0 Å². The summed E-state index contributed by atoms with van der Waals surface area (Å²) in [6, 6.07) is 8.58. The number of aryl methyl sites for hydroxylation is 1. The Labute approximate surface area is 179 Å². The van der Waals surface area contributed by atoms with E-state index in [4.69, 9.17) is 4.18 Å². The molecule has 2 aromatic rings. The number of aliphatic hydroxyl groups is 1. The fourth-order valence-electron chi connectivity index (χ4n) is 3.19. The van der Waals surface area contributed by atoms with Crippen LogP contribution in [0.2, 0.25) is 0 Å². The quantitative estimate of drug-likeness (QED) is 0.636. The van der Waals surface area contributed by atoms with Gasteiger partial charge in [0.15, 0.2) is 0 Å².